The lowest BCUT2D eigenvalue weighted by molar-refractivity contribution is -0.121. The first-order valence-electron chi connectivity index (χ1n) is 6.02. The molecule has 4 heteroatoms. The molecule has 0 bridgehead atoms. The second kappa shape index (κ2) is 7.39. The molecular formula is C14H23ClN2O. The summed E-state index contributed by atoms with van der Waals surface area (Å²) >= 11 is 0. The molecule has 0 fully saturated rings. The SMILES string of the molecule is Cc1cc(C)c(CCNC(=O)[C@@H](C)N)c(C)c1.Cl. The van der Waals surface area contributed by atoms with Gasteiger partial charge in [0.1, 0.15) is 0 Å². The maximum Gasteiger partial charge on any atom is 0.236 e. The van der Waals surface area contributed by atoms with Crippen molar-refractivity contribution in [2.24, 2.45) is 5.73 Å². The summed E-state index contributed by atoms with van der Waals surface area (Å²) in [5, 5.41) is 2.84. The van der Waals surface area contributed by atoms with Crippen LogP contribution >= 0.6 is 12.4 Å². The Morgan fingerprint density at radius 3 is 2.22 bits per heavy atom. The van der Waals surface area contributed by atoms with Gasteiger partial charge in [-0.05, 0) is 50.8 Å². The third kappa shape index (κ3) is 4.67. The summed E-state index contributed by atoms with van der Waals surface area (Å²) in [4.78, 5) is 11.3. The highest BCUT2D eigenvalue weighted by Gasteiger charge is 2.07. The topological polar surface area (TPSA) is 55.1 Å². The molecule has 1 atom stereocenters. The molecule has 1 rings (SSSR count). The van der Waals surface area contributed by atoms with Crippen LogP contribution in [0.3, 0.4) is 0 Å². The number of nitrogens with two attached hydrogens (primary N) is 1. The van der Waals surface area contributed by atoms with Gasteiger partial charge in [-0.2, -0.15) is 0 Å². The molecule has 0 heterocycles. The van der Waals surface area contributed by atoms with Gasteiger partial charge in [0.2, 0.25) is 5.91 Å². The number of carbonyl (C=O) groups excluding carboxylic acids is 1. The van der Waals surface area contributed by atoms with Gasteiger partial charge in [-0.15, -0.1) is 12.4 Å². The van der Waals surface area contributed by atoms with E-state index in [1.165, 1.54) is 22.3 Å². The third-order valence-electron chi connectivity index (χ3n) is 2.93. The number of benzene rings is 1. The van der Waals surface area contributed by atoms with Gasteiger partial charge in [0.25, 0.3) is 0 Å². The number of halogens is 1. The first-order chi connectivity index (χ1) is 7.91. The monoisotopic (exact) mass is 270 g/mol. The van der Waals surface area contributed by atoms with E-state index in [0.717, 1.165) is 6.42 Å². The molecule has 0 unspecified atom stereocenters. The minimum Gasteiger partial charge on any atom is -0.354 e. The molecule has 102 valence electrons. The van der Waals surface area contributed by atoms with E-state index in [0.29, 0.717) is 6.54 Å². The van der Waals surface area contributed by atoms with E-state index in [4.69, 9.17) is 5.73 Å². The maximum absolute atomic E-state index is 11.3. The Balaban J connectivity index is 0.00000289. The van der Waals surface area contributed by atoms with Gasteiger partial charge in [0.05, 0.1) is 6.04 Å². The predicted molar refractivity (Wildman–Crippen MR) is 78.3 cm³/mol. The van der Waals surface area contributed by atoms with E-state index in [1.54, 1.807) is 6.92 Å². The molecule has 0 saturated carbocycles. The lowest BCUT2D eigenvalue weighted by atomic mass is 9.97. The molecule has 1 aromatic carbocycles. The van der Waals surface area contributed by atoms with Crippen LogP contribution in [0.4, 0.5) is 0 Å². The zero-order chi connectivity index (χ0) is 13.0. The van der Waals surface area contributed by atoms with Gasteiger partial charge >= 0.3 is 0 Å². The standard InChI is InChI=1S/C14H22N2O.ClH/c1-9-7-10(2)13(11(3)8-9)5-6-16-14(17)12(4)15;/h7-8,12H,5-6,15H2,1-4H3,(H,16,17);1H/t12-;/m1./s1. The fraction of sp³-hybridized carbons (Fsp3) is 0.500. The summed E-state index contributed by atoms with van der Waals surface area (Å²) < 4.78 is 0. The van der Waals surface area contributed by atoms with Crippen LogP contribution in [0, 0.1) is 20.8 Å². The molecule has 1 amide bonds. The number of aryl methyl sites for hydroxylation is 3. The van der Waals surface area contributed by atoms with Crippen molar-refractivity contribution in [3.8, 4) is 0 Å². The van der Waals surface area contributed by atoms with E-state index >= 15 is 0 Å². The van der Waals surface area contributed by atoms with Gasteiger partial charge < -0.3 is 11.1 Å². The van der Waals surface area contributed by atoms with Gasteiger partial charge in [-0.1, -0.05) is 17.7 Å². The van der Waals surface area contributed by atoms with Crippen LogP contribution in [0.25, 0.3) is 0 Å². The van der Waals surface area contributed by atoms with Crippen molar-refractivity contribution in [3.05, 3.63) is 34.4 Å². The zero-order valence-corrected chi connectivity index (χ0v) is 12.4. The van der Waals surface area contributed by atoms with E-state index in [-0.39, 0.29) is 18.3 Å². The molecule has 1 aromatic rings. The van der Waals surface area contributed by atoms with Gasteiger partial charge in [0.15, 0.2) is 0 Å². The lowest BCUT2D eigenvalue weighted by Gasteiger charge is -2.12. The minimum atomic E-state index is -0.435. The van der Waals surface area contributed by atoms with Crippen molar-refractivity contribution in [2.75, 3.05) is 6.54 Å². The summed E-state index contributed by atoms with van der Waals surface area (Å²) in [5.41, 5.74) is 10.7. The largest absolute Gasteiger partial charge is 0.354 e. The summed E-state index contributed by atoms with van der Waals surface area (Å²) in [6.45, 7) is 8.66. The van der Waals surface area contributed by atoms with Crippen LogP contribution in [0.15, 0.2) is 12.1 Å². The highest BCUT2D eigenvalue weighted by atomic mass is 35.5. The highest BCUT2D eigenvalue weighted by molar-refractivity contribution is 5.85. The van der Waals surface area contributed by atoms with Crippen LogP contribution in [-0.4, -0.2) is 18.5 Å². The van der Waals surface area contributed by atoms with Crippen molar-refractivity contribution in [1.29, 1.82) is 0 Å². The fourth-order valence-corrected chi connectivity index (χ4v) is 2.08. The molecule has 0 aromatic heterocycles. The van der Waals surface area contributed by atoms with Crippen molar-refractivity contribution >= 4 is 18.3 Å². The maximum atomic E-state index is 11.3. The number of amides is 1. The Morgan fingerprint density at radius 2 is 1.78 bits per heavy atom. The van der Waals surface area contributed by atoms with E-state index in [9.17, 15) is 4.79 Å². The molecule has 0 aliphatic carbocycles. The average molecular weight is 271 g/mol. The van der Waals surface area contributed by atoms with Crippen LogP contribution in [-0.2, 0) is 11.2 Å². The van der Waals surface area contributed by atoms with E-state index in [1.807, 2.05) is 0 Å². The second-order valence-corrected chi connectivity index (χ2v) is 4.71. The Labute approximate surface area is 116 Å². The van der Waals surface area contributed by atoms with Gasteiger partial charge in [-0.3, -0.25) is 4.79 Å². The fourth-order valence-electron chi connectivity index (χ4n) is 2.08. The molecular weight excluding hydrogens is 248 g/mol. The number of hydrogen-bond acceptors (Lipinski definition) is 2. The van der Waals surface area contributed by atoms with Gasteiger partial charge in [0, 0.05) is 6.54 Å². The van der Waals surface area contributed by atoms with Crippen LogP contribution in [0.5, 0.6) is 0 Å². The summed E-state index contributed by atoms with van der Waals surface area (Å²) in [5.74, 6) is -0.0904. The smallest absolute Gasteiger partial charge is 0.236 e. The molecule has 18 heavy (non-hydrogen) atoms. The average Bonchev–Trinajstić information content (AvgIpc) is 2.21. The van der Waals surface area contributed by atoms with E-state index < -0.39 is 6.04 Å². The van der Waals surface area contributed by atoms with Gasteiger partial charge in [-0.25, -0.2) is 0 Å². The third-order valence-corrected chi connectivity index (χ3v) is 2.93. The first-order valence-corrected chi connectivity index (χ1v) is 6.02. The Hall–Kier alpha value is -1.06. The van der Waals surface area contributed by atoms with Crippen molar-refractivity contribution < 1.29 is 4.79 Å². The highest BCUT2D eigenvalue weighted by Crippen LogP contribution is 2.16. The first kappa shape index (κ1) is 16.9. The Kier molecular flexibility index (Phi) is 6.96. The molecule has 3 N–H and O–H groups in total. The lowest BCUT2D eigenvalue weighted by Crippen LogP contribution is -2.39. The zero-order valence-electron chi connectivity index (χ0n) is 11.5. The second-order valence-electron chi connectivity index (χ2n) is 4.71. The normalized spacial score (nSPS) is 11.6. The molecule has 0 aliphatic heterocycles. The molecule has 0 saturated heterocycles. The van der Waals surface area contributed by atoms with Crippen molar-refractivity contribution in [3.63, 3.8) is 0 Å². The Bertz CT molecular complexity index is 393. The predicted octanol–water partition coefficient (Wildman–Crippen LogP) is 2.04. The minimum absolute atomic E-state index is 0. The van der Waals surface area contributed by atoms with Crippen molar-refractivity contribution in [2.45, 2.75) is 40.2 Å². The van der Waals surface area contributed by atoms with Crippen LogP contribution in [0.1, 0.15) is 29.2 Å². The molecule has 0 spiro atoms. The number of rotatable bonds is 4. The molecule has 0 radical (unpaired) electrons. The number of hydrogen-bond donors (Lipinski definition) is 2. The Morgan fingerprint density at radius 1 is 1.28 bits per heavy atom. The quantitative estimate of drug-likeness (QED) is 0.880. The summed E-state index contributed by atoms with van der Waals surface area (Å²) in [6.07, 6.45) is 0.858. The summed E-state index contributed by atoms with van der Waals surface area (Å²) in [7, 11) is 0. The van der Waals surface area contributed by atoms with E-state index in [2.05, 4.69) is 38.2 Å². The van der Waals surface area contributed by atoms with Crippen molar-refractivity contribution in [1.82, 2.24) is 5.32 Å². The molecule has 3 nitrogen and oxygen atoms in total. The molecule has 0 aliphatic rings. The number of nitrogens with one attached hydrogen (secondary N) is 1. The van der Waals surface area contributed by atoms with Crippen LogP contribution < -0.4 is 11.1 Å². The summed E-state index contributed by atoms with van der Waals surface area (Å²) in [6, 6.07) is 3.92. The van der Waals surface area contributed by atoms with Crippen LogP contribution in [0.2, 0.25) is 0 Å². The number of carbonyl (C=O) groups is 1.